The first-order valence-electron chi connectivity index (χ1n) is 11.2. The van der Waals surface area contributed by atoms with Gasteiger partial charge in [0.25, 0.3) is 0 Å². The van der Waals surface area contributed by atoms with E-state index in [-0.39, 0.29) is 29.3 Å². The summed E-state index contributed by atoms with van der Waals surface area (Å²) in [5, 5.41) is 33.7. The number of aliphatic hydroxyl groups is 3. The Kier molecular flexibility index (Phi) is 4.12. The van der Waals surface area contributed by atoms with Crippen molar-refractivity contribution >= 4 is 5.97 Å². The third kappa shape index (κ3) is 2.27. The van der Waals surface area contributed by atoms with Gasteiger partial charge in [0, 0.05) is 11.5 Å². The molecule has 9 atom stereocenters. The van der Waals surface area contributed by atoms with Gasteiger partial charge in [0.05, 0.1) is 17.8 Å². The molecule has 3 N–H and O–H groups in total. The third-order valence-electron chi connectivity index (χ3n) is 10.0. The van der Waals surface area contributed by atoms with Crippen LogP contribution in [0.15, 0.2) is 11.6 Å². The van der Waals surface area contributed by atoms with Gasteiger partial charge in [-0.1, -0.05) is 13.8 Å². The maximum absolute atomic E-state index is 12.1. The second-order valence-corrected chi connectivity index (χ2v) is 10.8. The fraction of sp³-hybridized carbons (Fsp3) is 0.870. The lowest BCUT2D eigenvalue weighted by Crippen LogP contribution is -2.67. The molecule has 4 fully saturated rings. The third-order valence-corrected chi connectivity index (χ3v) is 10.0. The van der Waals surface area contributed by atoms with Crippen molar-refractivity contribution in [2.75, 3.05) is 6.61 Å². The molecule has 4 saturated carbocycles. The Morgan fingerprint density at radius 2 is 1.82 bits per heavy atom. The second-order valence-electron chi connectivity index (χ2n) is 10.8. The van der Waals surface area contributed by atoms with E-state index in [9.17, 15) is 20.1 Å². The molecule has 0 aromatic heterocycles. The van der Waals surface area contributed by atoms with Crippen LogP contribution in [0.25, 0.3) is 0 Å². The molecule has 5 aliphatic rings. The first kappa shape index (κ1) is 19.1. The molecule has 5 heteroatoms. The minimum atomic E-state index is -0.906. The zero-order valence-electron chi connectivity index (χ0n) is 17.1. The normalized spacial score (nSPS) is 55.8. The fourth-order valence-electron chi connectivity index (χ4n) is 8.37. The number of carbonyl (C=O) groups is 1. The van der Waals surface area contributed by atoms with Crippen LogP contribution in [0.2, 0.25) is 0 Å². The Balaban J connectivity index is 1.51. The fourth-order valence-corrected chi connectivity index (χ4v) is 8.37. The van der Waals surface area contributed by atoms with E-state index < -0.39 is 17.1 Å². The molecule has 0 spiro atoms. The maximum atomic E-state index is 12.1. The van der Waals surface area contributed by atoms with E-state index in [1.165, 1.54) is 0 Å². The van der Waals surface area contributed by atoms with Crippen LogP contribution in [0.5, 0.6) is 0 Å². The number of ether oxygens (including phenoxy) is 1. The van der Waals surface area contributed by atoms with Gasteiger partial charge in [0.1, 0.15) is 6.61 Å². The molecule has 0 amide bonds. The van der Waals surface area contributed by atoms with Gasteiger partial charge in [-0.2, -0.15) is 0 Å². The van der Waals surface area contributed by atoms with Crippen LogP contribution in [-0.2, 0) is 9.53 Å². The Labute approximate surface area is 167 Å². The molecule has 0 aromatic carbocycles. The molecule has 0 aromatic rings. The molecule has 3 unspecified atom stereocenters. The standard InChI is InChI=1S/C23H34O5/c1-21-7-5-15(24)10-14(21)3-4-17-18(21)11-19(25)22(2)16(6-8-23(17,22)27)13-9-20(26)28-12-13/h9,14-19,24-25,27H,3-8,10-12H2,1-2H3/t14?,15-,16+,17?,18?,19+,21-,22-,23-/m0/s1. The number of carbonyl (C=O) groups excluding carboxylic acids is 1. The largest absolute Gasteiger partial charge is 0.458 e. The zero-order valence-corrected chi connectivity index (χ0v) is 17.1. The number of hydrogen-bond donors (Lipinski definition) is 3. The Bertz CT molecular complexity index is 718. The molecule has 1 aliphatic heterocycles. The summed E-state index contributed by atoms with van der Waals surface area (Å²) in [5.74, 6) is 0.657. The van der Waals surface area contributed by atoms with E-state index in [2.05, 4.69) is 6.92 Å². The summed E-state index contributed by atoms with van der Waals surface area (Å²) in [7, 11) is 0. The van der Waals surface area contributed by atoms with Gasteiger partial charge in [-0.3, -0.25) is 0 Å². The van der Waals surface area contributed by atoms with Crippen molar-refractivity contribution in [2.24, 2.45) is 34.5 Å². The van der Waals surface area contributed by atoms with Gasteiger partial charge >= 0.3 is 5.97 Å². The number of fused-ring (bicyclic) bond motifs is 5. The lowest BCUT2D eigenvalue weighted by atomic mass is 9.42. The van der Waals surface area contributed by atoms with E-state index >= 15 is 0 Å². The molecule has 0 bridgehead atoms. The van der Waals surface area contributed by atoms with Crippen molar-refractivity contribution < 1.29 is 24.9 Å². The molecule has 5 nitrogen and oxygen atoms in total. The summed E-state index contributed by atoms with van der Waals surface area (Å²) in [5.41, 5.74) is -0.507. The molecule has 0 radical (unpaired) electrons. The van der Waals surface area contributed by atoms with E-state index in [4.69, 9.17) is 4.74 Å². The van der Waals surface area contributed by atoms with Crippen molar-refractivity contribution in [2.45, 2.75) is 83.0 Å². The highest BCUT2D eigenvalue weighted by Crippen LogP contribution is 2.69. The SMILES string of the molecule is C[C@]12CC[C@H](O)CC1CCC1C2C[C@@H](O)[C@]2(C)[C@@H](C3=CC(=O)OC3)CC[C@]12O. The van der Waals surface area contributed by atoms with Crippen LogP contribution >= 0.6 is 0 Å². The number of rotatable bonds is 1. The van der Waals surface area contributed by atoms with Crippen LogP contribution in [0, 0.1) is 34.5 Å². The maximum Gasteiger partial charge on any atom is 0.331 e. The van der Waals surface area contributed by atoms with Crippen LogP contribution < -0.4 is 0 Å². The summed E-state index contributed by atoms with van der Waals surface area (Å²) < 4.78 is 5.16. The Hall–Kier alpha value is -0.910. The summed E-state index contributed by atoms with van der Waals surface area (Å²) in [6.07, 6.45) is 7.69. The molecule has 0 saturated heterocycles. The number of hydrogen-bond acceptors (Lipinski definition) is 5. The minimum Gasteiger partial charge on any atom is -0.458 e. The van der Waals surface area contributed by atoms with Crippen molar-refractivity contribution in [3.63, 3.8) is 0 Å². The molecule has 156 valence electrons. The molecule has 4 aliphatic carbocycles. The van der Waals surface area contributed by atoms with E-state index in [0.717, 1.165) is 44.1 Å². The predicted octanol–water partition coefficient (Wildman–Crippen LogP) is 2.58. The summed E-state index contributed by atoms with van der Waals surface area (Å²) in [4.78, 5) is 11.6. The number of cyclic esters (lactones) is 1. The van der Waals surface area contributed by atoms with Crippen molar-refractivity contribution in [1.82, 2.24) is 0 Å². The number of esters is 1. The highest BCUT2D eigenvalue weighted by atomic mass is 16.5. The Morgan fingerprint density at radius 3 is 2.54 bits per heavy atom. The highest BCUT2D eigenvalue weighted by Gasteiger charge is 2.70. The van der Waals surface area contributed by atoms with Gasteiger partial charge in [-0.25, -0.2) is 4.79 Å². The van der Waals surface area contributed by atoms with Crippen LogP contribution in [0.3, 0.4) is 0 Å². The lowest BCUT2D eigenvalue weighted by molar-refractivity contribution is -0.244. The van der Waals surface area contributed by atoms with Crippen molar-refractivity contribution in [3.05, 3.63) is 11.6 Å². The summed E-state index contributed by atoms with van der Waals surface area (Å²) in [6, 6.07) is 0. The quantitative estimate of drug-likeness (QED) is 0.599. The van der Waals surface area contributed by atoms with Gasteiger partial charge < -0.3 is 20.1 Å². The van der Waals surface area contributed by atoms with E-state index in [1.54, 1.807) is 6.08 Å². The van der Waals surface area contributed by atoms with Gasteiger partial charge in [-0.05, 0) is 86.0 Å². The lowest BCUT2D eigenvalue weighted by Gasteiger charge is -2.64. The monoisotopic (exact) mass is 390 g/mol. The van der Waals surface area contributed by atoms with Gasteiger partial charge in [0.2, 0.25) is 0 Å². The smallest absolute Gasteiger partial charge is 0.331 e. The Morgan fingerprint density at radius 1 is 1.04 bits per heavy atom. The summed E-state index contributed by atoms with van der Waals surface area (Å²) in [6.45, 7) is 4.69. The topological polar surface area (TPSA) is 87.0 Å². The molecular formula is C23H34O5. The molecular weight excluding hydrogens is 356 g/mol. The highest BCUT2D eigenvalue weighted by molar-refractivity contribution is 5.85. The minimum absolute atomic E-state index is 0.00129. The first-order chi connectivity index (χ1) is 13.2. The molecule has 5 rings (SSSR count). The average molecular weight is 391 g/mol. The molecule has 28 heavy (non-hydrogen) atoms. The van der Waals surface area contributed by atoms with Gasteiger partial charge in [0.15, 0.2) is 0 Å². The van der Waals surface area contributed by atoms with E-state index in [1.807, 2.05) is 6.92 Å². The van der Waals surface area contributed by atoms with Crippen LogP contribution in [0.4, 0.5) is 0 Å². The average Bonchev–Trinajstić information content (AvgIpc) is 3.19. The van der Waals surface area contributed by atoms with Gasteiger partial charge in [-0.15, -0.1) is 0 Å². The molecule has 1 heterocycles. The summed E-state index contributed by atoms with van der Waals surface area (Å²) >= 11 is 0. The van der Waals surface area contributed by atoms with Crippen LogP contribution in [-0.4, -0.2) is 45.7 Å². The van der Waals surface area contributed by atoms with Crippen molar-refractivity contribution in [3.8, 4) is 0 Å². The van der Waals surface area contributed by atoms with E-state index in [0.29, 0.717) is 31.3 Å². The predicted molar refractivity (Wildman–Crippen MR) is 103 cm³/mol. The van der Waals surface area contributed by atoms with Crippen molar-refractivity contribution in [1.29, 1.82) is 0 Å². The second kappa shape index (κ2) is 6.05. The first-order valence-corrected chi connectivity index (χ1v) is 11.2. The van der Waals surface area contributed by atoms with Crippen LogP contribution in [0.1, 0.15) is 65.2 Å². The zero-order chi connectivity index (χ0) is 19.9. The number of aliphatic hydroxyl groups excluding tert-OH is 2.